The van der Waals surface area contributed by atoms with Gasteiger partial charge in [0, 0.05) is 17.6 Å². The van der Waals surface area contributed by atoms with Gasteiger partial charge in [-0.1, -0.05) is 6.92 Å². The molecule has 0 saturated heterocycles. The Morgan fingerprint density at radius 2 is 1.75 bits per heavy atom. The Balaban J connectivity index is 2.71. The summed E-state index contributed by atoms with van der Waals surface area (Å²) < 4.78 is 17.7. The first-order chi connectivity index (χ1) is 11.1. The third-order valence-electron chi connectivity index (χ3n) is 3.19. The highest BCUT2D eigenvalue weighted by Crippen LogP contribution is 2.15. The number of carbonyl (C=O) groups is 3. The van der Waals surface area contributed by atoms with Gasteiger partial charge in [0.05, 0.1) is 0 Å². The van der Waals surface area contributed by atoms with Crippen molar-refractivity contribution in [2.45, 2.75) is 39.7 Å². The van der Waals surface area contributed by atoms with Gasteiger partial charge in [-0.2, -0.15) is 0 Å². The van der Waals surface area contributed by atoms with Crippen LogP contribution >= 0.6 is 0 Å². The second-order valence-corrected chi connectivity index (χ2v) is 6.22. The molecule has 0 bridgehead atoms. The predicted molar refractivity (Wildman–Crippen MR) is 87.7 cm³/mol. The van der Waals surface area contributed by atoms with Crippen LogP contribution in [0.2, 0.25) is 0 Å². The molecule has 0 radical (unpaired) electrons. The zero-order valence-electron chi connectivity index (χ0n) is 14.4. The maximum absolute atomic E-state index is 12.9. The number of halogens is 1. The van der Waals surface area contributed by atoms with Crippen molar-refractivity contribution in [1.82, 2.24) is 4.90 Å². The van der Waals surface area contributed by atoms with E-state index in [1.165, 1.54) is 29.2 Å². The molecule has 132 valence electrons. The molecule has 0 aliphatic carbocycles. The fraction of sp³-hybridized carbons (Fsp3) is 0.471. The second kappa shape index (κ2) is 8.42. The van der Waals surface area contributed by atoms with Crippen LogP contribution in [-0.4, -0.2) is 41.4 Å². The molecule has 24 heavy (non-hydrogen) atoms. The Bertz CT molecular complexity index is 594. The zero-order valence-corrected chi connectivity index (χ0v) is 14.4. The minimum absolute atomic E-state index is 0.174. The fourth-order valence-corrected chi connectivity index (χ4v) is 1.90. The third-order valence-corrected chi connectivity index (χ3v) is 3.19. The molecule has 0 spiro atoms. The number of hydrogen-bond donors (Lipinski definition) is 1. The van der Waals surface area contributed by atoms with Gasteiger partial charge in [-0.3, -0.25) is 14.4 Å². The Kier molecular flexibility index (Phi) is 6.88. The lowest BCUT2D eigenvalue weighted by atomic mass is 10.1. The first kappa shape index (κ1) is 19.6. The first-order valence-corrected chi connectivity index (χ1v) is 7.65. The van der Waals surface area contributed by atoms with Crippen LogP contribution in [0.25, 0.3) is 0 Å². The van der Waals surface area contributed by atoms with Gasteiger partial charge in [-0.05, 0) is 45.0 Å². The van der Waals surface area contributed by atoms with Crippen molar-refractivity contribution >= 4 is 23.5 Å². The van der Waals surface area contributed by atoms with Gasteiger partial charge in [0.15, 0.2) is 6.61 Å². The molecule has 0 unspecified atom stereocenters. The molecule has 2 amide bonds. The number of nitrogens with zero attached hydrogens (tertiary/aromatic N) is 1. The van der Waals surface area contributed by atoms with Gasteiger partial charge in [0.1, 0.15) is 12.4 Å². The van der Waals surface area contributed by atoms with E-state index in [4.69, 9.17) is 4.74 Å². The van der Waals surface area contributed by atoms with Gasteiger partial charge in [0.2, 0.25) is 5.91 Å². The van der Waals surface area contributed by atoms with E-state index in [0.717, 1.165) is 0 Å². The maximum Gasteiger partial charge on any atom is 0.306 e. The Hall–Kier alpha value is -2.44. The van der Waals surface area contributed by atoms with Crippen molar-refractivity contribution in [1.29, 1.82) is 0 Å². The van der Waals surface area contributed by atoms with Crippen molar-refractivity contribution in [3.63, 3.8) is 0 Å². The molecule has 0 aliphatic rings. The van der Waals surface area contributed by atoms with Crippen molar-refractivity contribution in [3.05, 3.63) is 30.1 Å². The van der Waals surface area contributed by atoms with Gasteiger partial charge >= 0.3 is 5.97 Å². The molecular weight excluding hydrogens is 315 g/mol. The van der Waals surface area contributed by atoms with E-state index < -0.39 is 35.7 Å². The number of hydrogen-bond acceptors (Lipinski definition) is 4. The number of esters is 1. The third kappa shape index (κ3) is 6.36. The number of amides is 2. The predicted octanol–water partition coefficient (Wildman–Crippen LogP) is 2.34. The van der Waals surface area contributed by atoms with Crippen LogP contribution in [-0.2, 0) is 19.1 Å². The number of ether oxygens (including phenoxy) is 1. The molecule has 7 heteroatoms. The Morgan fingerprint density at radius 3 is 2.25 bits per heavy atom. The summed E-state index contributed by atoms with van der Waals surface area (Å²) in [5.41, 5.74) is -0.198. The molecule has 0 saturated carbocycles. The highest BCUT2D eigenvalue weighted by molar-refractivity contribution is 5.95. The topological polar surface area (TPSA) is 75.7 Å². The van der Waals surface area contributed by atoms with E-state index in [0.29, 0.717) is 5.69 Å². The normalized spacial score (nSPS) is 10.9. The summed E-state index contributed by atoms with van der Waals surface area (Å²) >= 11 is 0. The number of nitrogens with one attached hydrogen (secondary N) is 1. The summed E-state index contributed by atoms with van der Waals surface area (Å²) in [4.78, 5) is 36.9. The molecular formula is C17H23FN2O4. The number of carbonyl (C=O) groups excluding carboxylic acids is 3. The molecule has 0 aromatic heterocycles. The molecule has 1 aromatic carbocycles. The molecule has 0 atom stereocenters. The van der Waals surface area contributed by atoms with Crippen LogP contribution in [0.1, 0.15) is 34.1 Å². The van der Waals surface area contributed by atoms with E-state index in [-0.39, 0.29) is 13.0 Å². The smallest absolute Gasteiger partial charge is 0.306 e. The summed E-state index contributed by atoms with van der Waals surface area (Å²) in [5, 5.41) is 2.60. The summed E-state index contributed by atoms with van der Waals surface area (Å²) in [6.45, 7) is 6.34. The first-order valence-electron chi connectivity index (χ1n) is 7.65. The van der Waals surface area contributed by atoms with E-state index in [2.05, 4.69) is 5.32 Å². The lowest BCUT2D eigenvalue weighted by molar-refractivity contribution is -0.154. The maximum atomic E-state index is 12.9. The van der Waals surface area contributed by atoms with Crippen LogP contribution in [0.4, 0.5) is 10.1 Å². The summed E-state index contributed by atoms with van der Waals surface area (Å²) in [6, 6.07) is 5.32. The minimum atomic E-state index is -0.629. The van der Waals surface area contributed by atoms with Crippen LogP contribution in [0.15, 0.2) is 24.3 Å². The second-order valence-electron chi connectivity index (χ2n) is 6.22. The fourth-order valence-electron chi connectivity index (χ4n) is 1.90. The largest absolute Gasteiger partial charge is 0.456 e. The number of anilines is 1. The highest BCUT2D eigenvalue weighted by atomic mass is 19.1. The van der Waals surface area contributed by atoms with Gasteiger partial charge in [-0.15, -0.1) is 0 Å². The van der Waals surface area contributed by atoms with Crippen molar-refractivity contribution in [2.24, 2.45) is 0 Å². The minimum Gasteiger partial charge on any atom is -0.456 e. The zero-order chi connectivity index (χ0) is 18.3. The van der Waals surface area contributed by atoms with Crippen molar-refractivity contribution in [3.8, 4) is 0 Å². The molecule has 6 nitrogen and oxygen atoms in total. The van der Waals surface area contributed by atoms with Crippen molar-refractivity contribution in [2.75, 3.05) is 18.5 Å². The monoisotopic (exact) mass is 338 g/mol. The molecule has 1 rings (SSSR count). The highest BCUT2D eigenvalue weighted by Gasteiger charge is 2.29. The Labute approximate surface area is 141 Å². The molecule has 0 aliphatic heterocycles. The van der Waals surface area contributed by atoms with Crippen LogP contribution in [0.5, 0.6) is 0 Å². The molecule has 0 heterocycles. The lowest BCUT2D eigenvalue weighted by Crippen LogP contribution is -2.50. The summed E-state index contributed by atoms with van der Waals surface area (Å²) in [5.74, 6) is -1.77. The van der Waals surface area contributed by atoms with E-state index >= 15 is 0 Å². The molecule has 1 aromatic rings. The van der Waals surface area contributed by atoms with Crippen LogP contribution in [0.3, 0.4) is 0 Å². The SMILES string of the molecule is CCC(=O)OCC(=O)N(CC(=O)Nc1ccc(F)cc1)C(C)(C)C. The van der Waals surface area contributed by atoms with Crippen LogP contribution in [0, 0.1) is 5.82 Å². The molecule has 1 N–H and O–H groups in total. The number of rotatable bonds is 6. The quantitative estimate of drug-likeness (QED) is 0.808. The Morgan fingerprint density at radius 1 is 1.17 bits per heavy atom. The average Bonchev–Trinajstić information content (AvgIpc) is 2.51. The average molecular weight is 338 g/mol. The summed E-state index contributed by atoms with van der Waals surface area (Å²) in [6.07, 6.45) is 0.174. The van der Waals surface area contributed by atoms with Gasteiger partial charge in [-0.25, -0.2) is 4.39 Å². The van der Waals surface area contributed by atoms with Crippen molar-refractivity contribution < 1.29 is 23.5 Å². The van der Waals surface area contributed by atoms with E-state index in [1.807, 2.05) is 0 Å². The van der Waals surface area contributed by atoms with Crippen LogP contribution < -0.4 is 5.32 Å². The van der Waals surface area contributed by atoms with E-state index in [1.54, 1.807) is 27.7 Å². The lowest BCUT2D eigenvalue weighted by Gasteiger charge is -2.35. The number of benzene rings is 1. The van der Waals surface area contributed by atoms with Gasteiger partial charge in [0.25, 0.3) is 5.91 Å². The van der Waals surface area contributed by atoms with E-state index in [9.17, 15) is 18.8 Å². The standard InChI is InChI=1S/C17H23FN2O4/c1-5-16(23)24-11-15(22)20(17(2,3)4)10-14(21)19-13-8-6-12(18)7-9-13/h6-9H,5,10-11H2,1-4H3,(H,19,21). The van der Waals surface area contributed by atoms with Gasteiger partial charge < -0.3 is 15.0 Å². The molecule has 0 fully saturated rings. The summed E-state index contributed by atoms with van der Waals surface area (Å²) in [7, 11) is 0.